The first-order chi connectivity index (χ1) is 16.6. The van der Waals surface area contributed by atoms with Crippen LogP contribution in [0, 0.1) is 11.6 Å². The lowest BCUT2D eigenvalue weighted by atomic mass is 10.1. The summed E-state index contributed by atoms with van der Waals surface area (Å²) < 4.78 is 51.3. The van der Waals surface area contributed by atoms with Crippen molar-refractivity contribution in [3.05, 3.63) is 102 Å². The number of hydrogen-bond donors (Lipinski definition) is 2. The molecule has 0 aliphatic carbocycles. The minimum Gasteiger partial charge on any atom is -0.337 e. The summed E-state index contributed by atoms with van der Waals surface area (Å²) >= 11 is 0. The van der Waals surface area contributed by atoms with Gasteiger partial charge in [-0.2, -0.15) is 0 Å². The number of carbonyl (C=O) groups excluding carboxylic acids is 2. The zero-order chi connectivity index (χ0) is 25.2. The standard InChI is InChI=1S/C25H19F2N3O4S/c26-18-11-17(12-19(27)13-18)24(31)10-5-16-14-30(23-4-2-1-3-22(16)23)15-25(32)29-20-6-8-21(9-7-20)35(28,33)34/h1-14H,15H2,(H,29,32)(H2,28,33,34)/b10-5+. The molecule has 0 atom stereocenters. The van der Waals surface area contributed by atoms with Gasteiger partial charge in [0, 0.05) is 40.0 Å². The Hall–Kier alpha value is -4.15. The summed E-state index contributed by atoms with van der Waals surface area (Å²) in [6.45, 7) is -0.0612. The van der Waals surface area contributed by atoms with Crippen molar-refractivity contribution in [3.63, 3.8) is 0 Å². The fraction of sp³-hybridized carbons (Fsp3) is 0.0400. The molecule has 0 aliphatic rings. The van der Waals surface area contributed by atoms with E-state index in [1.165, 1.54) is 36.4 Å². The number of nitrogens with two attached hydrogens (primary N) is 1. The third kappa shape index (κ3) is 5.68. The number of para-hydroxylation sites is 1. The molecule has 1 amide bonds. The van der Waals surface area contributed by atoms with Crippen molar-refractivity contribution in [1.29, 1.82) is 0 Å². The quantitative estimate of drug-likeness (QED) is 0.297. The molecule has 1 aromatic heterocycles. The van der Waals surface area contributed by atoms with E-state index in [2.05, 4.69) is 5.32 Å². The molecule has 0 fully saturated rings. The smallest absolute Gasteiger partial charge is 0.244 e. The van der Waals surface area contributed by atoms with Gasteiger partial charge in [-0.05, 0) is 54.6 Å². The SMILES string of the molecule is NS(=O)(=O)c1ccc(NC(=O)Cn2cc(/C=C/C(=O)c3cc(F)cc(F)c3)c3ccccc32)cc1. The Balaban J connectivity index is 1.54. The minimum atomic E-state index is -3.84. The maximum absolute atomic E-state index is 13.4. The molecule has 0 unspecified atom stereocenters. The molecule has 0 saturated carbocycles. The van der Waals surface area contributed by atoms with Crippen LogP contribution >= 0.6 is 0 Å². The van der Waals surface area contributed by atoms with Crippen LogP contribution in [0.1, 0.15) is 15.9 Å². The van der Waals surface area contributed by atoms with Gasteiger partial charge in [0.15, 0.2) is 5.78 Å². The summed E-state index contributed by atoms with van der Waals surface area (Å²) in [6.07, 6.45) is 4.42. The average Bonchev–Trinajstić information content (AvgIpc) is 3.14. The molecule has 35 heavy (non-hydrogen) atoms. The van der Waals surface area contributed by atoms with E-state index in [9.17, 15) is 26.8 Å². The maximum atomic E-state index is 13.4. The van der Waals surface area contributed by atoms with E-state index in [1.54, 1.807) is 22.9 Å². The number of nitrogens with one attached hydrogen (secondary N) is 1. The van der Waals surface area contributed by atoms with Gasteiger partial charge in [-0.25, -0.2) is 22.3 Å². The number of nitrogens with zero attached hydrogens (tertiary/aromatic N) is 1. The van der Waals surface area contributed by atoms with Gasteiger partial charge in [-0.1, -0.05) is 18.2 Å². The van der Waals surface area contributed by atoms with Crippen molar-refractivity contribution < 1.29 is 26.8 Å². The summed E-state index contributed by atoms with van der Waals surface area (Å²) in [5.74, 6) is -2.62. The Morgan fingerprint density at radius 3 is 2.29 bits per heavy atom. The Labute approximate surface area is 199 Å². The molecule has 7 nitrogen and oxygen atoms in total. The van der Waals surface area contributed by atoms with Gasteiger partial charge in [0.2, 0.25) is 15.9 Å². The highest BCUT2D eigenvalue weighted by Gasteiger charge is 2.12. The number of fused-ring (bicyclic) bond motifs is 1. The van der Waals surface area contributed by atoms with E-state index in [0.29, 0.717) is 17.3 Å². The number of rotatable bonds is 7. The van der Waals surface area contributed by atoms with Crippen molar-refractivity contribution >= 4 is 44.4 Å². The number of aromatic nitrogens is 1. The molecular weight excluding hydrogens is 476 g/mol. The van der Waals surface area contributed by atoms with Gasteiger partial charge < -0.3 is 9.88 Å². The van der Waals surface area contributed by atoms with Gasteiger partial charge in [-0.15, -0.1) is 0 Å². The molecule has 0 aliphatic heterocycles. The molecule has 0 bridgehead atoms. The number of benzene rings is 3. The molecule has 0 radical (unpaired) electrons. The van der Waals surface area contributed by atoms with Crippen molar-refractivity contribution in [2.24, 2.45) is 5.14 Å². The third-order valence-corrected chi connectivity index (χ3v) is 6.09. The predicted molar refractivity (Wildman–Crippen MR) is 128 cm³/mol. The number of ketones is 1. The molecule has 4 aromatic rings. The highest BCUT2D eigenvalue weighted by atomic mass is 32.2. The topological polar surface area (TPSA) is 111 Å². The highest BCUT2D eigenvalue weighted by molar-refractivity contribution is 7.89. The number of anilines is 1. The fourth-order valence-corrected chi connectivity index (χ4v) is 4.10. The summed E-state index contributed by atoms with van der Waals surface area (Å²) in [4.78, 5) is 24.9. The van der Waals surface area contributed by atoms with E-state index in [4.69, 9.17) is 5.14 Å². The molecular formula is C25H19F2N3O4S. The number of hydrogen-bond acceptors (Lipinski definition) is 4. The predicted octanol–water partition coefficient (Wildman–Crippen LogP) is 4.10. The van der Waals surface area contributed by atoms with Crippen LogP contribution in [0.3, 0.4) is 0 Å². The molecule has 3 aromatic carbocycles. The van der Waals surface area contributed by atoms with Crippen LogP contribution in [0.4, 0.5) is 14.5 Å². The monoisotopic (exact) mass is 495 g/mol. The van der Waals surface area contributed by atoms with E-state index in [-0.39, 0.29) is 22.9 Å². The van der Waals surface area contributed by atoms with E-state index < -0.39 is 27.4 Å². The number of carbonyl (C=O) groups is 2. The lowest BCUT2D eigenvalue weighted by molar-refractivity contribution is -0.116. The number of primary sulfonamides is 1. The van der Waals surface area contributed by atoms with Crippen LogP contribution < -0.4 is 10.5 Å². The first-order valence-electron chi connectivity index (χ1n) is 10.3. The Bertz CT molecular complexity index is 1560. The van der Waals surface area contributed by atoms with Crippen LogP contribution in [0.15, 0.2) is 83.9 Å². The Morgan fingerprint density at radius 1 is 0.971 bits per heavy atom. The second-order valence-electron chi connectivity index (χ2n) is 7.70. The van der Waals surface area contributed by atoms with E-state index in [0.717, 1.165) is 23.0 Å². The lowest BCUT2D eigenvalue weighted by Gasteiger charge is -2.08. The number of halogens is 2. The van der Waals surface area contributed by atoms with Crippen LogP contribution in [0.2, 0.25) is 0 Å². The number of allylic oxidation sites excluding steroid dienone is 1. The second kappa shape index (κ2) is 9.61. The molecule has 4 rings (SSSR count). The lowest BCUT2D eigenvalue weighted by Crippen LogP contribution is -2.18. The van der Waals surface area contributed by atoms with Crippen molar-refractivity contribution in [2.45, 2.75) is 11.4 Å². The molecule has 0 spiro atoms. The van der Waals surface area contributed by atoms with Crippen molar-refractivity contribution in [3.8, 4) is 0 Å². The average molecular weight is 496 g/mol. The maximum Gasteiger partial charge on any atom is 0.244 e. The normalized spacial score (nSPS) is 11.7. The first kappa shape index (κ1) is 24.0. The minimum absolute atomic E-state index is 0.0612. The zero-order valence-corrected chi connectivity index (χ0v) is 18.9. The van der Waals surface area contributed by atoms with Crippen molar-refractivity contribution in [2.75, 3.05) is 5.32 Å². The van der Waals surface area contributed by atoms with Crippen LogP contribution in [0.25, 0.3) is 17.0 Å². The first-order valence-corrected chi connectivity index (χ1v) is 11.8. The van der Waals surface area contributed by atoms with Crippen LogP contribution in [0.5, 0.6) is 0 Å². The van der Waals surface area contributed by atoms with Gasteiger partial charge in [0.25, 0.3) is 0 Å². The van der Waals surface area contributed by atoms with E-state index in [1.807, 2.05) is 12.1 Å². The van der Waals surface area contributed by atoms with Gasteiger partial charge in [0.05, 0.1) is 4.90 Å². The van der Waals surface area contributed by atoms with Crippen molar-refractivity contribution in [1.82, 2.24) is 4.57 Å². The second-order valence-corrected chi connectivity index (χ2v) is 9.26. The van der Waals surface area contributed by atoms with E-state index >= 15 is 0 Å². The van der Waals surface area contributed by atoms with Gasteiger partial charge in [-0.3, -0.25) is 9.59 Å². The Kier molecular flexibility index (Phi) is 6.59. The Morgan fingerprint density at radius 2 is 1.63 bits per heavy atom. The summed E-state index contributed by atoms with van der Waals surface area (Å²) in [5.41, 5.74) is 1.65. The summed E-state index contributed by atoms with van der Waals surface area (Å²) in [5, 5.41) is 8.53. The molecule has 1 heterocycles. The van der Waals surface area contributed by atoms with Crippen LogP contribution in [-0.2, 0) is 21.4 Å². The fourth-order valence-electron chi connectivity index (χ4n) is 3.58. The summed E-state index contributed by atoms with van der Waals surface area (Å²) in [6, 6.07) is 15.3. The molecule has 0 saturated heterocycles. The van der Waals surface area contributed by atoms with Gasteiger partial charge in [0.1, 0.15) is 18.2 Å². The summed E-state index contributed by atoms with van der Waals surface area (Å²) in [7, 11) is -3.84. The zero-order valence-electron chi connectivity index (χ0n) is 18.1. The highest BCUT2D eigenvalue weighted by Crippen LogP contribution is 2.23. The van der Waals surface area contributed by atoms with Crippen LogP contribution in [-0.4, -0.2) is 24.7 Å². The third-order valence-electron chi connectivity index (χ3n) is 5.16. The van der Waals surface area contributed by atoms with Gasteiger partial charge >= 0.3 is 0 Å². The number of sulfonamides is 1. The molecule has 3 N–H and O–H groups in total. The number of amides is 1. The molecule has 178 valence electrons. The molecule has 10 heteroatoms. The largest absolute Gasteiger partial charge is 0.337 e.